The lowest BCUT2D eigenvalue weighted by Gasteiger charge is -2.32. The van der Waals surface area contributed by atoms with Gasteiger partial charge in [-0.3, -0.25) is 0 Å². The van der Waals surface area contributed by atoms with Gasteiger partial charge in [0, 0.05) is 0 Å². The molecule has 1 aromatic carbocycles. The van der Waals surface area contributed by atoms with E-state index in [1.807, 2.05) is 39.8 Å². The first kappa shape index (κ1) is 18.3. The maximum atomic E-state index is 9.39. The Kier molecular flexibility index (Phi) is 5.13. The van der Waals surface area contributed by atoms with Crippen molar-refractivity contribution < 1.29 is 14.0 Å². The standard InChI is InChI=1S/C20H28BNO3/c1-19(2)20(3,4)25-21(24-19)17-11-10-16(13-22)18(12-17)23-14-15-8-6-5-7-9-15/h10-12,15H,5-9,14H2,1-4H3. The van der Waals surface area contributed by atoms with Crippen LogP contribution in [0.15, 0.2) is 18.2 Å². The van der Waals surface area contributed by atoms with E-state index in [9.17, 15) is 5.26 Å². The molecule has 0 aromatic heterocycles. The van der Waals surface area contributed by atoms with Gasteiger partial charge in [0.2, 0.25) is 0 Å². The smallest absolute Gasteiger partial charge is 0.492 e. The van der Waals surface area contributed by atoms with Gasteiger partial charge in [0.05, 0.1) is 23.4 Å². The lowest BCUT2D eigenvalue weighted by Crippen LogP contribution is -2.41. The van der Waals surface area contributed by atoms with E-state index in [4.69, 9.17) is 14.0 Å². The van der Waals surface area contributed by atoms with Crippen LogP contribution in [-0.2, 0) is 9.31 Å². The zero-order valence-electron chi connectivity index (χ0n) is 15.8. The van der Waals surface area contributed by atoms with Gasteiger partial charge in [-0.1, -0.05) is 25.3 Å². The third kappa shape index (κ3) is 3.86. The van der Waals surface area contributed by atoms with E-state index in [1.165, 1.54) is 32.1 Å². The highest BCUT2D eigenvalue weighted by atomic mass is 16.7. The lowest BCUT2D eigenvalue weighted by molar-refractivity contribution is 0.00578. The molecular weight excluding hydrogens is 313 g/mol. The van der Waals surface area contributed by atoms with Crippen LogP contribution in [0.25, 0.3) is 0 Å². The number of nitrogens with zero attached hydrogens (tertiary/aromatic N) is 1. The summed E-state index contributed by atoms with van der Waals surface area (Å²) in [7, 11) is -0.435. The topological polar surface area (TPSA) is 51.5 Å². The SMILES string of the molecule is CC1(C)OB(c2ccc(C#N)c(OCC3CCCCC3)c2)OC1(C)C. The molecule has 1 heterocycles. The number of nitriles is 1. The van der Waals surface area contributed by atoms with E-state index < -0.39 is 7.12 Å². The van der Waals surface area contributed by atoms with Gasteiger partial charge in [-0.15, -0.1) is 0 Å². The maximum Gasteiger partial charge on any atom is 0.494 e. The number of hydrogen-bond donors (Lipinski definition) is 0. The molecule has 5 heteroatoms. The number of ether oxygens (including phenoxy) is 1. The van der Waals surface area contributed by atoms with Crippen LogP contribution in [0.3, 0.4) is 0 Å². The second-order valence-corrected chi connectivity index (χ2v) is 8.27. The molecule has 0 atom stereocenters. The summed E-state index contributed by atoms with van der Waals surface area (Å²) in [6.07, 6.45) is 6.34. The third-order valence-electron chi connectivity index (χ3n) is 5.85. The molecule has 0 amide bonds. The van der Waals surface area contributed by atoms with E-state index >= 15 is 0 Å². The Morgan fingerprint density at radius 1 is 1.12 bits per heavy atom. The molecule has 0 unspecified atom stereocenters. The predicted molar refractivity (Wildman–Crippen MR) is 98.9 cm³/mol. The number of rotatable bonds is 4. The Bertz CT molecular complexity index is 643. The molecule has 2 fully saturated rings. The van der Waals surface area contributed by atoms with Gasteiger partial charge in [0.25, 0.3) is 0 Å². The summed E-state index contributed by atoms with van der Waals surface area (Å²) in [5, 5.41) is 9.39. The van der Waals surface area contributed by atoms with Gasteiger partial charge in [-0.05, 0) is 64.1 Å². The summed E-state index contributed by atoms with van der Waals surface area (Å²) in [6.45, 7) is 8.84. The highest BCUT2D eigenvalue weighted by Gasteiger charge is 2.51. The van der Waals surface area contributed by atoms with Gasteiger partial charge in [-0.2, -0.15) is 5.26 Å². The molecule has 1 saturated carbocycles. The van der Waals surface area contributed by atoms with Gasteiger partial charge in [-0.25, -0.2) is 0 Å². The van der Waals surface area contributed by atoms with Crippen LogP contribution in [0, 0.1) is 17.2 Å². The Morgan fingerprint density at radius 3 is 2.36 bits per heavy atom. The first-order valence-electron chi connectivity index (χ1n) is 9.35. The van der Waals surface area contributed by atoms with Gasteiger partial charge in [0.15, 0.2) is 0 Å². The van der Waals surface area contributed by atoms with Crippen LogP contribution in [-0.4, -0.2) is 24.9 Å². The molecule has 1 aromatic rings. The normalized spacial score (nSPS) is 22.6. The minimum absolute atomic E-state index is 0.380. The Hall–Kier alpha value is -1.51. The van der Waals surface area contributed by atoms with E-state index in [0.717, 1.165) is 5.46 Å². The van der Waals surface area contributed by atoms with Crippen LogP contribution < -0.4 is 10.2 Å². The molecule has 1 aliphatic heterocycles. The molecule has 1 aliphatic carbocycles. The zero-order valence-corrected chi connectivity index (χ0v) is 15.8. The van der Waals surface area contributed by atoms with Crippen molar-refractivity contribution in [2.45, 2.75) is 71.0 Å². The molecule has 25 heavy (non-hydrogen) atoms. The number of hydrogen-bond acceptors (Lipinski definition) is 4. The minimum atomic E-state index is -0.435. The average molecular weight is 341 g/mol. The molecule has 1 saturated heterocycles. The van der Waals surface area contributed by atoms with E-state index in [0.29, 0.717) is 23.8 Å². The number of benzene rings is 1. The van der Waals surface area contributed by atoms with Crippen molar-refractivity contribution in [1.29, 1.82) is 5.26 Å². The third-order valence-corrected chi connectivity index (χ3v) is 5.85. The molecule has 0 N–H and O–H groups in total. The van der Waals surface area contributed by atoms with Crippen LogP contribution in [0.5, 0.6) is 5.75 Å². The molecule has 4 nitrogen and oxygen atoms in total. The largest absolute Gasteiger partial charge is 0.494 e. The van der Waals surface area contributed by atoms with E-state index in [-0.39, 0.29) is 11.2 Å². The Labute approximate surface area is 151 Å². The monoisotopic (exact) mass is 341 g/mol. The van der Waals surface area contributed by atoms with Crippen molar-refractivity contribution >= 4 is 12.6 Å². The molecular formula is C20H28BNO3. The van der Waals surface area contributed by atoms with Crippen molar-refractivity contribution in [3.63, 3.8) is 0 Å². The fourth-order valence-electron chi connectivity index (χ4n) is 3.44. The summed E-state index contributed by atoms with van der Waals surface area (Å²) < 4.78 is 18.3. The van der Waals surface area contributed by atoms with Gasteiger partial charge in [0.1, 0.15) is 11.8 Å². The zero-order chi connectivity index (χ0) is 18.1. The molecule has 2 aliphatic rings. The predicted octanol–water partition coefficient (Wildman–Crippen LogP) is 3.82. The summed E-state index contributed by atoms with van der Waals surface area (Å²) in [5.74, 6) is 1.24. The first-order chi connectivity index (χ1) is 11.8. The minimum Gasteiger partial charge on any atom is -0.492 e. The van der Waals surface area contributed by atoms with Crippen LogP contribution in [0.1, 0.15) is 65.4 Å². The molecule has 0 bridgehead atoms. The van der Waals surface area contributed by atoms with Gasteiger partial charge >= 0.3 is 7.12 Å². The van der Waals surface area contributed by atoms with Crippen molar-refractivity contribution in [1.82, 2.24) is 0 Å². The average Bonchev–Trinajstić information content (AvgIpc) is 2.81. The van der Waals surface area contributed by atoms with E-state index in [2.05, 4.69) is 6.07 Å². The Morgan fingerprint density at radius 2 is 1.76 bits per heavy atom. The van der Waals surface area contributed by atoms with Crippen molar-refractivity contribution in [3.8, 4) is 11.8 Å². The summed E-state index contributed by atoms with van der Waals surface area (Å²) >= 11 is 0. The maximum absolute atomic E-state index is 9.39. The van der Waals surface area contributed by atoms with Crippen molar-refractivity contribution in [2.24, 2.45) is 5.92 Å². The molecule has 3 rings (SSSR count). The van der Waals surface area contributed by atoms with E-state index in [1.54, 1.807) is 6.07 Å². The fourth-order valence-corrected chi connectivity index (χ4v) is 3.44. The summed E-state index contributed by atoms with van der Waals surface area (Å²) in [4.78, 5) is 0. The van der Waals surface area contributed by atoms with Crippen LogP contribution >= 0.6 is 0 Å². The molecule has 0 spiro atoms. The Balaban J connectivity index is 1.75. The second kappa shape index (κ2) is 7.01. The fraction of sp³-hybridized carbons (Fsp3) is 0.650. The van der Waals surface area contributed by atoms with Crippen LogP contribution in [0.4, 0.5) is 0 Å². The van der Waals surface area contributed by atoms with Crippen molar-refractivity contribution in [2.75, 3.05) is 6.61 Å². The van der Waals surface area contributed by atoms with Crippen LogP contribution in [0.2, 0.25) is 0 Å². The molecule has 134 valence electrons. The second-order valence-electron chi connectivity index (χ2n) is 8.27. The first-order valence-corrected chi connectivity index (χ1v) is 9.35. The quantitative estimate of drug-likeness (QED) is 0.782. The summed E-state index contributed by atoms with van der Waals surface area (Å²) in [5.41, 5.74) is 0.705. The van der Waals surface area contributed by atoms with Crippen molar-refractivity contribution in [3.05, 3.63) is 23.8 Å². The highest BCUT2D eigenvalue weighted by Crippen LogP contribution is 2.36. The van der Waals surface area contributed by atoms with Gasteiger partial charge < -0.3 is 14.0 Å². The molecule has 0 radical (unpaired) electrons. The highest BCUT2D eigenvalue weighted by molar-refractivity contribution is 6.62. The summed E-state index contributed by atoms with van der Waals surface area (Å²) in [6, 6.07) is 7.83. The lowest BCUT2D eigenvalue weighted by atomic mass is 9.78.